The van der Waals surface area contributed by atoms with Gasteiger partial charge in [0.1, 0.15) is 0 Å². The largest absolute Gasteiger partial charge is 1.00 e. The van der Waals surface area contributed by atoms with Gasteiger partial charge in [0.25, 0.3) is 0 Å². The van der Waals surface area contributed by atoms with Crippen LogP contribution in [0.15, 0.2) is 11.6 Å². The third-order valence-corrected chi connectivity index (χ3v) is 4.63. The normalized spacial score (nSPS) is 13.0. The molecule has 0 fully saturated rings. The minimum Gasteiger partial charge on any atom is -1.00 e. The Morgan fingerprint density at radius 2 is 1.08 bits per heavy atom. The van der Waals surface area contributed by atoms with Crippen LogP contribution in [0.2, 0.25) is 0 Å². The average molecular weight is 377 g/mol. The standard InChI is InChI=1S/C20H40.4Na.4H/c1-7-18(4)12-9-14-20(6)16-10-15-19(5)13-8-11-17(2)3;;;;;;;;/h7,17,19-20H,8-16H2,1-6H3;;;;;;;;/q;4*+1;4*-1/b18-7+;;;;;;;;/t19-,20+;;;;;;;;/m1......../s1. The van der Waals surface area contributed by atoms with Crippen molar-refractivity contribution in [2.45, 2.75) is 99.3 Å². The first-order chi connectivity index (χ1) is 9.45. The fourth-order valence-corrected chi connectivity index (χ4v) is 2.85. The van der Waals surface area contributed by atoms with Gasteiger partial charge in [-0.15, -0.1) is 0 Å². The van der Waals surface area contributed by atoms with Gasteiger partial charge >= 0.3 is 118 Å². The van der Waals surface area contributed by atoms with E-state index < -0.39 is 0 Å². The van der Waals surface area contributed by atoms with Gasteiger partial charge in [0.15, 0.2) is 0 Å². The fraction of sp³-hybridized carbons (Fsp3) is 0.900. The van der Waals surface area contributed by atoms with Crippen LogP contribution in [0.25, 0.3) is 0 Å². The zero-order valence-corrected chi connectivity index (χ0v) is 27.2. The molecule has 0 rings (SSSR count). The SMILES string of the molecule is C/C=C(\C)CCC[C@H](C)CCC[C@H](C)CCCC(C)C.[H-].[H-].[H-].[H-].[Na+].[Na+].[Na+].[Na+]. The van der Waals surface area contributed by atoms with Gasteiger partial charge in [0.05, 0.1) is 0 Å². The van der Waals surface area contributed by atoms with Crippen molar-refractivity contribution in [3.63, 3.8) is 0 Å². The van der Waals surface area contributed by atoms with Crippen LogP contribution in [-0.2, 0) is 0 Å². The third-order valence-electron chi connectivity index (χ3n) is 4.63. The molecule has 0 aromatic rings. The maximum Gasteiger partial charge on any atom is 1.00 e. The van der Waals surface area contributed by atoms with Crippen molar-refractivity contribution in [3.05, 3.63) is 11.6 Å². The van der Waals surface area contributed by atoms with Crippen molar-refractivity contribution in [1.82, 2.24) is 0 Å². The molecular formula is C20H44Na4. The molecule has 0 aromatic heterocycles. The van der Waals surface area contributed by atoms with E-state index in [1.807, 2.05) is 0 Å². The molecule has 0 aliphatic carbocycles. The van der Waals surface area contributed by atoms with E-state index in [0.717, 1.165) is 17.8 Å². The van der Waals surface area contributed by atoms with Crippen molar-refractivity contribution in [2.24, 2.45) is 17.8 Å². The van der Waals surface area contributed by atoms with E-state index in [2.05, 4.69) is 47.6 Å². The van der Waals surface area contributed by atoms with Gasteiger partial charge in [0.2, 0.25) is 0 Å². The monoisotopic (exact) mass is 376 g/mol. The summed E-state index contributed by atoms with van der Waals surface area (Å²) in [7, 11) is 0. The van der Waals surface area contributed by atoms with Gasteiger partial charge in [-0.1, -0.05) is 84.3 Å². The molecule has 0 heterocycles. The zero-order chi connectivity index (χ0) is 15.4. The van der Waals surface area contributed by atoms with Crippen LogP contribution in [0.1, 0.15) is 105 Å². The van der Waals surface area contributed by atoms with Crippen molar-refractivity contribution in [3.8, 4) is 0 Å². The van der Waals surface area contributed by atoms with E-state index in [4.69, 9.17) is 0 Å². The van der Waals surface area contributed by atoms with Gasteiger partial charge in [0, 0.05) is 0 Å². The Hall–Kier alpha value is 3.74. The molecule has 0 nitrogen and oxygen atoms in total. The summed E-state index contributed by atoms with van der Waals surface area (Å²) in [6.07, 6.45) is 14.9. The van der Waals surface area contributed by atoms with Crippen LogP contribution < -0.4 is 118 Å². The molecule has 0 spiro atoms. The van der Waals surface area contributed by atoms with Crippen LogP contribution in [-0.4, -0.2) is 0 Å². The predicted octanol–water partition coefficient (Wildman–Crippen LogP) is -4.14. The Labute approximate surface area is 249 Å². The minimum absolute atomic E-state index is 0. The first kappa shape index (κ1) is 38.4. The Balaban J connectivity index is -0.0000000645. The molecule has 0 saturated heterocycles. The number of rotatable bonds is 12. The molecule has 0 N–H and O–H groups in total. The van der Waals surface area contributed by atoms with Crippen molar-refractivity contribution in [1.29, 1.82) is 0 Å². The molecule has 0 bridgehead atoms. The van der Waals surface area contributed by atoms with Crippen molar-refractivity contribution in [2.75, 3.05) is 0 Å². The smallest absolute Gasteiger partial charge is 1.00 e. The van der Waals surface area contributed by atoms with Gasteiger partial charge in [-0.2, -0.15) is 0 Å². The summed E-state index contributed by atoms with van der Waals surface area (Å²) in [6, 6.07) is 0. The molecular weight excluding hydrogens is 332 g/mol. The van der Waals surface area contributed by atoms with Crippen molar-refractivity contribution >= 4 is 0 Å². The Morgan fingerprint density at radius 1 is 0.708 bits per heavy atom. The molecule has 0 unspecified atom stereocenters. The second-order valence-corrected chi connectivity index (χ2v) is 7.49. The van der Waals surface area contributed by atoms with Crippen LogP contribution in [0.3, 0.4) is 0 Å². The summed E-state index contributed by atoms with van der Waals surface area (Å²) in [5.41, 5.74) is 1.55. The van der Waals surface area contributed by atoms with Gasteiger partial charge < -0.3 is 5.71 Å². The fourth-order valence-electron chi connectivity index (χ4n) is 2.85. The average Bonchev–Trinajstić information content (AvgIpc) is 2.38. The van der Waals surface area contributed by atoms with Crippen molar-refractivity contribution < 1.29 is 124 Å². The summed E-state index contributed by atoms with van der Waals surface area (Å²) < 4.78 is 0. The first-order valence-electron chi connectivity index (χ1n) is 9.07. The maximum atomic E-state index is 2.44. The summed E-state index contributed by atoms with van der Waals surface area (Å²) in [5.74, 6) is 2.73. The molecule has 0 radical (unpaired) electrons. The summed E-state index contributed by atoms with van der Waals surface area (Å²) in [5, 5.41) is 0. The first-order valence-corrected chi connectivity index (χ1v) is 9.07. The van der Waals surface area contributed by atoms with E-state index in [-0.39, 0.29) is 124 Å². The minimum atomic E-state index is 0. The molecule has 128 valence electrons. The molecule has 2 atom stereocenters. The van der Waals surface area contributed by atoms with E-state index in [1.165, 1.54) is 57.8 Å². The number of allylic oxidation sites excluding steroid dienone is 2. The van der Waals surface area contributed by atoms with Gasteiger partial charge in [-0.25, -0.2) is 0 Å². The van der Waals surface area contributed by atoms with Crippen LogP contribution in [0.4, 0.5) is 0 Å². The molecule has 0 aromatic carbocycles. The molecule has 24 heavy (non-hydrogen) atoms. The zero-order valence-electron chi connectivity index (χ0n) is 23.2. The second-order valence-electron chi connectivity index (χ2n) is 7.49. The Bertz CT molecular complexity index is 269. The maximum absolute atomic E-state index is 2.44. The van der Waals surface area contributed by atoms with E-state index in [9.17, 15) is 0 Å². The van der Waals surface area contributed by atoms with E-state index >= 15 is 0 Å². The molecule has 0 aliphatic heterocycles. The van der Waals surface area contributed by atoms with E-state index in [1.54, 1.807) is 5.57 Å². The number of hydrogen-bond acceptors (Lipinski definition) is 0. The summed E-state index contributed by atoms with van der Waals surface area (Å²) >= 11 is 0. The summed E-state index contributed by atoms with van der Waals surface area (Å²) in [6.45, 7) is 14.0. The topological polar surface area (TPSA) is 0 Å². The quantitative estimate of drug-likeness (QED) is 0.240. The van der Waals surface area contributed by atoms with Crippen LogP contribution in [0, 0.1) is 17.8 Å². The predicted molar refractivity (Wildman–Crippen MR) is 98.6 cm³/mol. The third kappa shape index (κ3) is 28.0. The van der Waals surface area contributed by atoms with E-state index in [0.29, 0.717) is 0 Å². The van der Waals surface area contributed by atoms with Gasteiger partial charge in [-0.05, 0) is 44.4 Å². The summed E-state index contributed by atoms with van der Waals surface area (Å²) in [4.78, 5) is 0. The van der Waals surface area contributed by atoms with Gasteiger partial charge in [-0.3, -0.25) is 0 Å². The Morgan fingerprint density at radius 3 is 1.46 bits per heavy atom. The molecule has 4 heteroatoms. The molecule has 0 amide bonds. The van der Waals surface area contributed by atoms with Crippen LogP contribution in [0.5, 0.6) is 0 Å². The van der Waals surface area contributed by atoms with Crippen LogP contribution >= 0.6 is 0 Å². The molecule has 0 saturated carbocycles. The molecule has 0 aliphatic rings. The second kappa shape index (κ2) is 26.7. The number of hydrogen-bond donors (Lipinski definition) is 0. The Kier molecular flexibility index (Phi) is 42.7.